The molecular weight excluding hydrogens is 434 g/mol. The number of halogens is 2. The van der Waals surface area contributed by atoms with Crippen molar-refractivity contribution in [3.8, 4) is 0 Å². The molecule has 1 unspecified atom stereocenters. The first-order valence-corrected chi connectivity index (χ1v) is 11.3. The van der Waals surface area contributed by atoms with Crippen LogP contribution in [-0.4, -0.2) is 41.6 Å². The maximum absolute atomic E-state index is 13.0. The summed E-state index contributed by atoms with van der Waals surface area (Å²) < 4.78 is 50.2. The zero-order valence-electron chi connectivity index (χ0n) is 16.2. The first kappa shape index (κ1) is 22.2. The predicted octanol–water partition coefficient (Wildman–Crippen LogP) is 3.22. The van der Waals surface area contributed by atoms with Crippen LogP contribution in [-0.2, 0) is 21.4 Å². The maximum Gasteiger partial charge on any atom is 0.291 e. The zero-order valence-corrected chi connectivity index (χ0v) is 17.8. The molecule has 0 saturated carbocycles. The van der Waals surface area contributed by atoms with Gasteiger partial charge in [-0.2, -0.15) is 8.78 Å². The number of hydrogen-bond donors (Lipinski definition) is 1. The highest BCUT2D eigenvalue weighted by Gasteiger charge is 2.22. The standard InChI is InChI=1S/C19H20F2N4O3S2/c1-12(13-7-9-14(10-8-13)30(22,27)28)24(2)17(26)11-25-16-6-4-3-5-15(16)23-19(25)29-18(20)21/h3-10,12,18H,11H2,1-2H3,(H2,22,27,28). The fourth-order valence-corrected chi connectivity index (χ4v) is 4.11. The van der Waals surface area contributed by atoms with Crippen molar-refractivity contribution in [3.05, 3.63) is 54.1 Å². The number of rotatable bonds is 7. The monoisotopic (exact) mass is 454 g/mol. The van der Waals surface area contributed by atoms with Gasteiger partial charge in [-0.3, -0.25) is 4.79 Å². The Kier molecular flexibility index (Phi) is 6.44. The van der Waals surface area contributed by atoms with Gasteiger partial charge in [-0.05, 0) is 48.5 Å². The number of amides is 1. The molecule has 30 heavy (non-hydrogen) atoms. The summed E-state index contributed by atoms with van der Waals surface area (Å²) in [5, 5.41) is 5.17. The zero-order chi connectivity index (χ0) is 22.1. The number of imidazole rings is 1. The van der Waals surface area contributed by atoms with E-state index in [1.165, 1.54) is 21.6 Å². The molecule has 0 aliphatic heterocycles. The Morgan fingerprint density at radius 2 is 1.83 bits per heavy atom. The van der Waals surface area contributed by atoms with Crippen LogP contribution in [0.25, 0.3) is 11.0 Å². The Labute approximate surface area is 176 Å². The molecule has 3 rings (SSSR count). The number of carbonyl (C=O) groups excluding carboxylic acids is 1. The van der Waals surface area contributed by atoms with E-state index in [0.29, 0.717) is 28.4 Å². The van der Waals surface area contributed by atoms with Crippen LogP contribution in [0.1, 0.15) is 18.5 Å². The minimum atomic E-state index is -3.81. The van der Waals surface area contributed by atoms with E-state index in [2.05, 4.69) is 4.98 Å². The molecular formula is C19H20F2N4O3S2. The van der Waals surface area contributed by atoms with Crippen molar-refractivity contribution in [3.63, 3.8) is 0 Å². The van der Waals surface area contributed by atoms with E-state index in [4.69, 9.17) is 5.14 Å². The van der Waals surface area contributed by atoms with E-state index in [-0.39, 0.29) is 28.5 Å². The lowest BCUT2D eigenvalue weighted by Crippen LogP contribution is -2.32. The molecule has 11 heteroatoms. The lowest BCUT2D eigenvalue weighted by molar-refractivity contribution is -0.132. The third kappa shape index (κ3) is 4.79. The van der Waals surface area contributed by atoms with Crippen molar-refractivity contribution in [2.75, 3.05) is 7.05 Å². The van der Waals surface area contributed by atoms with Crippen LogP contribution in [0.15, 0.2) is 58.6 Å². The number of aromatic nitrogens is 2. The van der Waals surface area contributed by atoms with Crippen molar-refractivity contribution in [2.24, 2.45) is 5.14 Å². The van der Waals surface area contributed by atoms with Gasteiger partial charge in [0.2, 0.25) is 15.9 Å². The fraction of sp³-hybridized carbons (Fsp3) is 0.263. The number of sulfonamides is 1. The number of fused-ring (bicyclic) bond motifs is 1. The molecule has 1 aromatic heterocycles. The van der Waals surface area contributed by atoms with Crippen LogP contribution in [0.2, 0.25) is 0 Å². The van der Waals surface area contributed by atoms with Crippen molar-refractivity contribution in [2.45, 2.75) is 35.3 Å². The third-order valence-corrected chi connectivity index (χ3v) is 6.40. The Morgan fingerprint density at radius 3 is 2.43 bits per heavy atom. The Balaban J connectivity index is 1.83. The summed E-state index contributed by atoms with van der Waals surface area (Å²) in [5.74, 6) is -2.97. The molecule has 3 aromatic rings. The first-order chi connectivity index (χ1) is 14.1. The number of benzene rings is 2. The highest BCUT2D eigenvalue weighted by atomic mass is 32.2. The normalized spacial score (nSPS) is 13.0. The highest BCUT2D eigenvalue weighted by molar-refractivity contribution is 7.99. The van der Waals surface area contributed by atoms with Crippen LogP contribution < -0.4 is 5.14 Å². The smallest absolute Gasteiger partial charge is 0.291 e. The van der Waals surface area contributed by atoms with Crippen molar-refractivity contribution >= 4 is 38.7 Å². The van der Waals surface area contributed by atoms with Crippen molar-refractivity contribution in [1.82, 2.24) is 14.5 Å². The summed E-state index contributed by atoms with van der Waals surface area (Å²) in [6.45, 7) is 1.62. The minimum Gasteiger partial charge on any atom is -0.337 e. The molecule has 2 aromatic carbocycles. The number of alkyl halides is 2. The number of thioether (sulfide) groups is 1. The van der Waals surface area contributed by atoms with Crippen LogP contribution in [0.5, 0.6) is 0 Å². The van der Waals surface area contributed by atoms with Gasteiger partial charge in [0.05, 0.1) is 22.0 Å². The van der Waals surface area contributed by atoms with Gasteiger partial charge in [-0.15, -0.1) is 0 Å². The molecule has 0 saturated heterocycles. The molecule has 0 spiro atoms. The van der Waals surface area contributed by atoms with Gasteiger partial charge >= 0.3 is 0 Å². The first-order valence-electron chi connectivity index (χ1n) is 8.86. The lowest BCUT2D eigenvalue weighted by Gasteiger charge is -2.26. The second-order valence-corrected chi connectivity index (χ2v) is 9.16. The van der Waals surface area contributed by atoms with Gasteiger partial charge in [-0.25, -0.2) is 18.5 Å². The third-order valence-electron chi connectivity index (χ3n) is 4.77. The molecule has 7 nitrogen and oxygen atoms in total. The average Bonchev–Trinajstić information content (AvgIpc) is 3.02. The van der Waals surface area contributed by atoms with Gasteiger partial charge in [0, 0.05) is 7.05 Å². The summed E-state index contributed by atoms with van der Waals surface area (Å²) in [5.41, 5.74) is 1.83. The SMILES string of the molecule is CC(c1ccc(S(N)(=O)=O)cc1)N(C)C(=O)Cn1c(SC(F)F)nc2ccccc21. The number of carbonyl (C=O) groups is 1. The van der Waals surface area contributed by atoms with E-state index in [9.17, 15) is 22.0 Å². The summed E-state index contributed by atoms with van der Waals surface area (Å²) >= 11 is 0.292. The van der Waals surface area contributed by atoms with Crippen LogP contribution in [0.4, 0.5) is 8.78 Å². The molecule has 0 bridgehead atoms. The molecule has 160 valence electrons. The maximum atomic E-state index is 13.0. The molecule has 0 aliphatic carbocycles. The number of para-hydroxylation sites is 2. The number of likely N-dealkylation sites (N-methyl/N-ethyl adjacent to an activating group) is 1. The predicted molar refractivity (Wildman–Crippen MR) is 111 cm³/mol. The molecule has 0 aliphatic rings. The van der Waals surface area contributed by atoms with Gasteiger partial charge in [0.15, 0.2) is 5.16 Å². The quantitative estimate of drug-likeness (QED) is 0.553. The number of nitrogens with two attached hydrogens (primary N) is 1. The number of hydrogen-bond acceptors (Lipinski definition) is 5. The Bertz CT molecular complexity index is 1160. The minimum absolute atomic E-state index is 0.0222. The second-order valence-electron chi connectivity index (χ2n) is 6.64. The van der Waals surface area contributed by atoms with Gasteiger partial charge in [0.25, 0.3) is 5.76 Å². The highest BCUT2D eigenvalue weighted by Crippen LogP contribution is 2.29. The van der Waals surface area contributed by atoms with E-state index < -0.39 is 15.8 Å². The van der Waals surface area contributed by atoms with E-state index in [1.807, 2.05) is 0 Å². The Hall–Kier alpha value is -2.50. The lowest BCUT2D eigenvalue weighted by atomic mass is 10.1. The van der Waals surface area contributed by atoms with Crippen molar-refractivity contribution < 1.29 is 22.0 Å². The topological polar surface area (TPSA) is 98.3 Å². The number of primary sulfonamides is 1. The van der Waals surface area contributed by atoms with E-state index in [0.717, 1.165) is 0 Å². The Morgan fingerprint density at radius 1 is 1.20 bits per heavy atom. The molecule has 1 heterocycles. The van der Waals surface area contributed by atoms with E-state index in [1.54, 1.807) is 50.4 Å². The largest absolute Gasteiger partial charge is 0.337 e. The van der Waals surface area contributed by atoms with Crippen LogP contribution in [0.3, 0.4) is 0 Å². The molecule has 1 amide bonds. The number of nitrogens with zero attached hydrogens (tertiary/aromatic N) is 3. The summed E-state index contributed by atoms with van der Waals surface area (Å²) in [6.07, 6.45) is 0. The van der Waals surface area contributed by atoms with Gasteiger partial charge in [0.1, 0.15) is 6.54 Å². The van der Waals surface area contributed by atoms with Gasteiger partial charge in [-0.1, -0.05) is 24.3 Å². The summed E-state index contributed by atoms with van der Waals surface area (Å²) in [4.78, 5) is 18.6. The fourth-order valence-electron chi connectivity index (χ4n) is 3.00. The molecule has 0 fully saturated rings. The molecule has 0 radical (unpaired) electrons. The van der Waals surface area contributed by atoms with Crippen LogP contribution in [0, 0.1) is 0 Å². The van der Waals surface area contributed by atoms with Crippen molar-refractivity contribution in [1.29, 1.82) is 0 Å². The molecule has 1 atom stereocenters. The molecule has 2 N–H and O–H groups in total. The average molecular weight is 455 g/mol. The summed E-state index contributed by atoms with van der Waals surface area (Å²) in [7, 11) is -2.21. The summed E-state index contributed by atoms with van der Waals surface area (Å²) in [6, 6.07) is 12.5. The van der Waals surface area contributed by atoms with Gasteiger partial charge < -0.3 is 9.47 Å². The van der Waals surface area contributed by atoms with Crippen LogP contribution >= 0.6 is 11.8 Å². The van der Waals surface area contributed by atoms with E-state index >= 15 is 0 Å². The second kappa shape index (κ2) is 8.70.